The molecule has 2 aromatic rings. The first-order chi connectivity index (χ1) is 14.1. The van der Waals surface area contributed by atoms with E-state index in [0.717, 1.165) is 48.7 Å². The van der Waals surface area contributed by atoms with Crippen molar-refractivity contribution < 1.29 is 4.79 Å². The SMILES string of the molecule is N#Cc1c2n(c(=O)n(CC(=O)N[C@H]3CCCc4ccccc43)c1=O)CCCCC2. The second kappa shape index (κ2) is 8.08. The van der Waals surface area contributed by atoms with Gasteiger partial charge in [-0.25, -0.2) is 9.36 Å². The van der Waals surface area contributed by atoms with Gasteiger partial charge in [0.1, 0.15) is 18.2 Å². The molecule has 0 fully saturated rings. The van der Waals surface area contributed by atoms with Crippen LogP contribution in [0, 0.1) is 11.3 Å². The van der Waals surface area contributed by atoms with Crippen LogP contribution in [0.3, 0.4) is 0 Å². The number of aryl methyl sites for hydroxylation is 1. The molecule has 4 rings (SSSR count). The summed E-state index contributed by atoms with van der Waals surface area (Å²) in [6.07, 6.45) is 5.94. The quantitative estimate of drug-likeness (QED) is 0.861. The molecule has 150 valence electrons. The van der Waals surface area contributed by atoms with E-state index in [9.17, 15) is 19.6 Å². The summed E-state index contributed by atoms with van der Waals surface area (Å²) in [5, 5.41) is 12.5. The van der Waals surface area contributed by atoms with Crippen LogP contribution in [0.15, 0.2) is 33.9 Å². The number of hydrogen-bond donors (Lipinski definition) is 1. The smallest absolute Gasteiger partial charge is 0.331 e. The molecule has 7 nitrogen and oxygen atoms in total. The van der Waals surface area contributed by atoms with Gasteiger partial charge in [0.05, 0.1) is 6.04 Å². The maximum atomic E-state index is 12.9. The molecule has 0 bridgehead atoms. The number of nitrogens with one attached hydrogen (secondary N) is 1. The van der Waals surface area contributed by atoms with E-state index < -0.39 is 11.2 Å². The molecule has 2 aliphatic rings. The summed E-state index contributed by atoms with van der Waals surface area (Å²) in [7, 11) is 0. The van der Waals surface area contributed by atoms with E-state index in [1.165, 1.54) is 10.1 Å². The highest BCUT2D eigenvalue weighted by Crippen LogP contribution is 2.29. The topological polar surface area (TPSA) is 96.9 Å². The molecule has 1 aliphatic heterocycles. The summed E-state index contributed by atoms with van der Waals surface area (Å²) in [4.78, 5) is 38.4. The van der Waals surface area contributed by atoms with Crippen molar-refractivity contribution in [2.75, 3.05) is 0 Å². The van der Waals surface area contributed by atoms with Gasteiger partial charge in [-0.15, -0.1) is 0 Å². The second-order valence-electron chi connectivity index (χ2n) is 7.78. The third kappa shape index (κ3) is 3.63. The molecule has 1 amide bonds. The molecule has 29 heavy (non-hydrogen) atoms. The van der Waals surface area contributed by atoms with Gasteiger partial charge in [0.2, 0.25) is 5.91 Å². The summed E-state index contributed by atoms with van der Waals surface area (Å²) in [5.41, 5.74) is 1.66. The van der Waals surface area contributed by atoms with Crippen LogP contribution in [0.2, 0.25) is 0 Å². The van der Waals surface area contributed by atoms with E-state index in [4.69, 9.17) is 0 Å². The van der Waals surface area contributed by atoms with Crippen molar-refractivity contribution in [3.63, 3.8) is 0 Å². The first-order valence-electron chi connectivity index (χ1n) is 10.2. The maximum Gasteiger partial charge on any atom is 0.331 e. The zero-order valence-corrected chi connectivity index (χ0v) is 16.3. The number of carbonyl (C=O) groups excluding carboxylic acids is 1. The summed E-state index contributed by atoms with van der Waals surface area (Å²) in [6, 6.07) is 9.85. The van der Waals surface area contributed by atoms with Gasteiger partial charge in [-0.3, -0.25) is 14.2 Å². The van der Waals surface area contributed by atoms with Crippen LogP contribution in [0.4, 0.5) is 0 Å². The standard InChI is InChI=1S/C22H24N4O3/c23-13-17-19-11-2-1-5-12-25(19)22(29)26(21(17)28)14-20(27)24-18-10-6-8-15-7-3-4-9-16(15)18/h3-4,7,9,18H,1-2,5-6,8,10-12,14H2,(H,24,27)/t18-/m0/s1. The Bertz CT molecular complexity index is 1110. The minimum atomic E-state index is -0.662. The van der Waals surface area contributed by atoms with Crippen molar-refractivity contribution >= 4 is 5.91 Å². The van der Waals surface area contributed by atoms with Gasteiger partial charge >= 0.3 is 5.69 Å². The molecule has 0 radical (unpaired) electrons. The Morgan fingerprint density at radius 3 is 2.79 bits per heavy atom. The van der Waals surface area contributed by atoms with Crippen LogP contribution in [-0.2, 0) is 30.7 Å². The maximum absolute atomic E-state index is 12.9. The van der Waals surface area contributed by atoms with Gasteiger partial charge < -0.3 is 5.32 Å². The van der Waals surface area contributed by atoms with Crippen LogP contribution in [0.25, 0.3) is 0 Å². The fraction of sp³-hybridized carbons (Fsp3) is 0.455. The number of benzene rings is 1. The van der Waals surface area contributed by atoms with Gasteiger partial charge in [-0.2, -0.15) is 5.26 Å². The number of fused-ring (bicyclic) bond motifs is 2. The Morgan fingerprint density at radius 1 is 1.14 bits per heavy atom. The Balaban J connectivity index is 1.63. The average molecular weight is 392 g/mol. The number of aromatic nitrogens is 2. The first-order valence-corrected chi connectivity index (χ1v) is 10.2. The Kier molecular flexibility index (Phi) is 5.34. The molecule has 1 aromatic heterocycles. The molecule has 1 aliphatic carbocycles. The first kappa shape index (κ1) is 19.2. The van der Waals surface area contributed by atoms with Gasteiger partial charge in [0, 0.05) is 12.2 Å². The van der Waals surface area contributed by atoms with Crippen molar-refractivity contribution in [1.29, 1.82) is 5.26 Å². The van der Waals surface area contributed by atoms with E-state index in [1.807, 2.05) is 24.3 Å². The van der Waals surface area contributed by atoms with Crippen LogP contribution in [0.5, 0.6) is 0 Å². The van der Waals surface area contributed by atoms with Gasteiger partial charge in [-0.05, 0) is 49.7 Å². The lowest BCUT2D eigenvalue weighted by molar-refractivity contribution is -0.122. The summed E-state index contributed by atoms with van der Waals surface area (Å²) < 4.78 is 2.42. The van der Waals surface area contributed by atoms with Gasteiger partial charge in [-0.1, -0.05) is 30.7 Å². The Hall–Kier alpha value is -3.14. The molecule has 0 spiro atoms. The van der Waals surface area contributed by atoms with E-state index in [1.54, 1.807) is 0 Å². The highest BCUT2D eigenvalue weighted by Gasteiger charge is 2.24. The van der Waals surface area contributed by atoms with E-state index >= 15 is 0 Å². The molecular formula is C22H24N4O3. The molecule has 1 atom stereocenters. The zero-order chi connectivity index (χ0) is 20.4. The summed E-state index contributed by atoms with van der Waals surface area (Å²) >= 11 is 0. The third-order valence-electron chi connectivity index (χ3n) is 5.95. The molecule has 1 aromatic carbocycles. The molecule has 0 saturated heterocycles. The fourth-order valence-corrected chi connectivity index (χ4v) is 4.51. The highest BCUT2D eigenvalue weighted by molar-refractivity contribution is 5.76. The van der Waals surface area contributed by atoms with Gasteiger partial charge in [0.25, 0.3) is 5.56 Å². The average Bonchev–Trinajstić information content (AvgIpc) is 2.98. The van der Waals surface area contributed by atoms with E-state index in [-0.39, 0.29) is 24.1 Å². The minimum absolute atomic E-state index is 0.0117. The number of carbonyl (C=O) groups is 1. The van der Waals surface area contributed by atoms with Crippen LogP contribution < -0.4 is 16.6 Å². The van der Waals surface area contributed by atoms with Crippen LogP contribution in [-0.4, -0.2) is 15.0 Å². The molecule has 2 heterocycles. The lowest BCUT2D eigenvalue weighted by Gasteiger charge is -2.26. The Labute approximate surface area is 168 Å². The summed E-state index contributed by atoms with van der Waals surface area (Å²) in [5.74, 6) is -0.385. The van der Waals surface area contributed by atoms with Crippen LogP contribution in [0.1, 0.15) is 60.5 Å². The monoisotopic (exact) mass is 392 g/mol. The van der Waals surface area contributed by atoms with Crippen molar-refractivity contribution in [3.8, 4) is 6.07 Å². The lowest BCUT2D eigenvalue weighted by atomic mass is 9.88. The number of amides is 1. The largest absolute Gasteiger partial charge is 0.348 e. The second-order valence-corrected chi connectivity index (χ2v) is 7.78. The fourth-order valence-electron chi connectivity index (χ4n) is 4.51. The van der Waals surface area contributed by atoms with Crippen molar-refractivity contribution in [3.05, 3.63) is 67.5 Å². The Morgan fingerprint density at radius 2 is 1.97 bits per heavy atom. The van der Waals surface area contributed by atoms with Crippen LogP contribution >= 0.6 is 0 Å². The number of nitrogens with zero attached hydrogens (tertiary/aromatic N) is 3. The molecular weight excluding hydrogens is 368 g/mol. The number of nitriles is 1. The highest BCUT2D eigenvalue weighted by atomic mass is 16.2. The van der Waals surface area contributed by atoms with E-state index in [0.29, 0.717) is 18.7 Å². The lowest BCUT2D eigenvalue weighted by Crippen LogP contribution is -2.46. The predicted molar refractivity (Wildman–Crippen MR) is 107 cm³/mol. The molecule has 7 heteroatoms. The minimum Gasteiger partial charge on any atom is -0.348 e. The summed E-state index contributed by atoms with van der Waals surface area (Å²) in [6.45, 7) is 0.103. The number of rotatable bonds is 3. The third-order valence-corrected chi connectivity index (χ3v) is 5.95. The number of hydrogen-bond acceptors (Lipinski definition) is 4. The normalized spacial score (nSPS) is 18.1. The molecule has 0 unspecified atom stereocenters. The molecule has 0 saturated carbocycles. The van der Waals surface area contributed by atoms with Crippen molar-refractivity contribution in [2.45, 2.75) is 64.1 Å². The van der Waals surface area contributed by atoms with Crippen molar-refractivity contribution in [2.24, 2.45) is 0 Å². The predicted octanol–water partition coefficient (Wildman–Crippen LogP) is 1.80. The zero-order valence-electron chi connectivity index (χ0n) is 16.3. The van der Waals surface area contributed by atoms with E-state index in [2.05, 4.69) is 11.4 Å². The van der Waals surface area contributed by atoms with Crippen molar-refractivity contribution in [1.82, 2.24) is 14.5 Å². The van der Waals surface area contributed by atoms with Gasteiger partial charge in [0.15, 0.2) is 0 Å². The molecule has 1 N–H and O–H groups in total.